The Bertz CT molecular complexity index is 1290. The highest BCUT2D eigenvalue weighted by Gasteiger charge is 2.28. The number of hydrogen-bond donors (Lipinski definition) is 2. The molecule has 0 radical (unpaired) electrons. The van der Waals surface area contributed by atoms with Gasteiger partial charge in [-0.25, -0.2) is 10.4 Å². The number of nitrogens with zero attached hydrogens (tertiary/aromatic N) is 3. The van der Waals surface area contributed by atoms with Crippen LogP contribution in [0.5, 0.6) is 0 Å². The summed E-state index contributed by atoms with van der Waals surface area (Å²) in [7, 11) is 0. The number of non-ortho nitro benzene ring substituents is 1. The van der Waals surface area contributed by atoms with Crippen LogP contribution in [-0.2, 0) is 17.6 Å². The lowest BCUT2D eigenvalue weighted by atomic mass is 9.93. The number of nitro groups is 1. The molecule has 0 aliphatic heterocycles. The number of rotatable bonds is 6. The number of anilines is 1. The number of pyridine rings is 1. The topological polar surface area (TPSA) is 140 Å². The Morgan fingerprint density at radius 3 is 2.65 bits per heavy atom. The van der Waals surface area contributed by atoms with Crippen LogP contribution in [0.4, 0.5) is 11.5 Å². The number of aryl methyl sites for hydroxylation is 2. The lowest BCUT2D eigenvalue weighted by Crippen LogP contribution is -2.23. The molecule has 174 valence electrons. The van der Waals surface area contributed by atoms with Crippen LogP contribution >= 0.6 is 0 Å². The Balaban J connectivity index is 1.48. The average molecular weight is 461 g/mol. The van der Waals surface area contributed by atoms with Gasteiger partial charge in [0.05, 0.1) is 17.1 Å². The van der Waals surface area contributed by atoms with Crippen LogP contribution in [-0.4, -0.2) is 27.4 Å². The summed E-state index contributed by atoms with van der Waals surface area (Å²) in [6.07, 6.45) is 3.71. The molecule has 34 heavy (non-hydrogen) atoms. The number of amides is 2. The maximum absolute atomic E-state index is 12.9. The number of benzene rings is 1. The third-order valence-corrected chi connectivity index (χ3v) is 5.60. The van der Waals surface area contributed by atoms with E-state index in [0.29, 0.717) is 41.3 Å². The van der Waals surface area contributed by atoms with Gasteiger partial charge in [0.2, 0.25) is 5.91 Å². The molecule has 0 saturated heterocycles. The van der Waals surface area contributed by atoms with Crippen LogP contribution in [0.2, 0.25) is 0 Å². The molecule has 1 aliphatic carbocycles. The molecule has 2 aromatic heterocycles. The van der Waals surface area contributed by atoms with Gasteiger partial charge in [0, 0.05) is 35.9 Å². The van der Waals surface area contributed by atoms with E-state index in [2.05, 4.69) is 20.8 Å². The molecule has 2 N–H and O–H groups in total. The fourth-order valence-electron chi connectivity index (χ4n) is 3.87. The van der Waals surface area contributed by atoms with E-state index in [9.17, 15) is 19.7 Å². The first kappa shape index (κ1) is 22.8. The van der Waals surface area contributed by atoms with Gasteiger partial charge in [0.25, 0.3) is 11.6 Å². The lowest BCUT2D eigenvalue weighted by Gasteiger charge is -2.13. The average Bonchev–Trinajstić information content (AvgIpc) is 3.17. The molecule has 1 aliphatic rings. The predicted octanol–water partition coefficient (Wildman–Crippen LogP) is 3.85. The number of nitrogens with one attached hydrogen (secondary N) is 2. The van der Waals surface area contributed by atoms with E-state index in [4.69, 9.17) is 4.42 Å². The van der Waals surface area contributed by atoms with Crippen LogP contribution in [0.1, 0.15) is 51.4 Å². The second-order valence-electron chi connectivity index (χ2n) is 8.02. The molecule has 10 nitrogen and oxygen atoms in total. The van der Waals surface area contributed by atoms with Gasteiger partial charge >= 0.3 is 0 Å². The molecule has 10 heteroatoms. The third-order valence-electron chi connectivity index (χ3n) is 5.60. The van der Waals surface area contributed by atoms with Crippen LogP contribution in [0.15, 0.2) is 52.1 Å². The molecule has 0 fully saturated rings. The van der Waals surface area contributed by atoms with Crippen molar-refractivity contribution < 1.29 is 18.9 Å². The monoisotopic (exact) mass is 461 g/mol. The van der Waals surface area contributed by atoms with Crippen molar-refractivity contribution >= 4 is 29.0 Å². The third kappa shape index (κ3) is 4.85. The largest absolute Gasteiger partial charge is 0.455 e. The summed E-state index contributed by atoms with van der Waals surface area (Å²) in [5.74, 6) is 0.582. The number of fused-ring (bicyclic) bond motifs is 1. The van der Waals surface area contributed by atoms with E-state index >= 15 is 0 Å². The summed E-state index contributed by atoms with van der Waals surface area (Å²) in [6.45, 7) is 3.65. The number of aromatic nitrogens is 1. The summed E-state index contributed by atoms with van der Waals surface area (Å²) in [5.41, 5.74) is 6.03. The zero-order chi connectivity index (χ0) is 24.2. The fourth-order valence-corrected chi connectivity index (χ4v) is 3.87. The molecule has 0 saturated carbocycles. The van der Waals surface area contributed by atoms with Crippen molar-refractivity contribution in [1.29, 1.82) is 0 Å². The first-order chi connectivity index (χ1) is 16.3. The summed E-state index contributed by atoms with van der Waals surface area (Å²) >= 11 is 0. The Morgan fingerprint density at radius 2 is 1.94 bits per heavy atom. The maximum atomic E-state index is 12.9. The van der Waals surface area contributed by atoms with E-state index < -0.39 is 10.8 Å². The smallest absolute Gasteiger partial charge is 0.292 e. The minimum Gasteiger partial charge on any atom is -0.455 e. The summed E-state index contributed by atoms with van der Waals surface area (Å²) in [6, 6.07) is 9.44. The van der Waals surface area contributed by atoms with Gasteiger partial charge < -0.3 is 9.73 Å². The normalized spacial score (nSPS) is 13.9. The van der Waals surface area contributed by atoms with Gasteiger partial charge in [0.15, 0.2) is 5.76 Å². The van der Waals surface area contributed by atoms with Crippen molar-refractivity contribution in [3.63, 3.8) is 0 Å². The molecule has 4 rings (SSSR count). The summed E-state index contributed by atoms with van der Waals surface area (Å²) < 4.78 is 5.89. The Labute approximate surface area is 195 Å². The fraction of sp³-hybridized carbons (Fsp3) is 0.250. The molecule has 0 unspecified atom stereocenters. The molecule has 0 atom stereocenters. The Hall–Kier alpha value is -4.34. The highest BCUT2D eigenvalue weighted by Crippen LogP contribution is 2.30. The number of carbonyl (C=O) groups is 2. The van der Waals surface area contributed by atoms with Gasteiger partial charge in [-0.2, -0.15) is 5.10 Å². The van der Waals surface area contributed by atoms with E-state index in [1.807, 2.05) is 13.0 Å². The van der Waals surface area contributed by atoms with Crippen molar-refractivity contribution in [3.8, 4) is 0 Å². The number of nitro benzene ring substituents is 1. The first-order valence-corrected chi connectivity index (χ1v) is 10.8. The SMILES string of the molecule is Cc1cccnc1NC(=O)c1oc2c(c1C)/C(=N/NC(=O)Cc1ccc([N+](=O)[O-])cc1)CCC2. The number of hydrazone groups is 1. The Kier molecular flexibility index (Phi) is 6.48. The molecule has 3 aromatic rings. The quantitative estimate of drug-likeness (QED) is 0.422. The predicted molar refractivity (Wildman–Crippen MR) is 125 cm³/mol. The molecule has 2 amide bonds. The highest BCUT2D eigenvalue weighted by atomic mass is 16.6. The maximum Gasteiger partial charge on any atom is 0.292 e. The van der Waals surface area contributed by atoms with Crippen molar-refractivity contribution in [2.75, 3.05) is 5.32 Å². The van der Waals surface area contributed by atoms with Crippen LogP contribution in [0.25, 0.3) is 0 Å². The minimum atomic E-state index is -0.490. The van der Waals surface area contributed by atoms with Crippen LogP contribution in [0, 0.1) is 24.0 Å². The highest BCUT2D eigenvalue weighted by molar-refractivity contribution is 6.09. The second-order valence-corrected chi connectivity index (χ2v) is 8.02. The van der Waals surface area contributed by atoms with Crippen LogP contribution < -0.4 is 10.7 Å². The molecular weight excluding hydrogens is 438 g/mol. The molecule has 0 spiro atoms. The van der Waals surface area contributed by atoms with Crippen molar-refractivity contribution in [1.82, 2.24) is 10.4 Å². The van der Waals surface area contributed by atoms with Crippen molar-refractivity contribution in [2.45, 2.75) is 39.5 Å². The van der Waals surface area contributed by atoms with Gasteiger partial charge in [-0.3, -0.25) is 19.7 Å². The lowest BCUT2D eigenvalue weighted by molar-refractivity contribution is -0.384. The molecular formula is C24H23N5O5. The molecule has 2 heterocycles. The number of hydrogen-bond acceptors (Lipinski definition) is 7. The molecule has 1 aromatic carbocycles. The second kappa shape index (κ2) is 9.65. The minimum absolute atomic E-state index is 0.0308. The Morgan fingerprint density at radius 1 is 1.18 bits per heavy atom. The van der Waals surface area contributed by atoms with Crippen molar-refractivity contribution in [3.05, 3.63) is 86.5 Å². The zero-order valence-electron chi connectivity index (χ0n) is 18.8. The van der Waals surface area contributed by atoms with Gasteiger partial charge in [-0.1, -0.05) is 18.2 Å². The summed E-state index contributed by atoms with van der Waals surface area (Å²) in [4.78, 5) is 39.7. The van der Waals surface area contributed by atoms with Gasteiger partial charge in [-0.15, -0.1) is 0 Å². The van der Waals surface area contributed by atoms with E-state index in [1.165, 1.54) is 24.3 Å². The summed E-state index contributed by atoms with van der Waals surface area (Å²) in [5, 5.41) is 17.9. The van der Waals surface area contributed by atoms with E-state index in [-0.39, 0.29) is 23.8 Å². The van der Waals surface area contributed by atoms with E-state index in [1.54, 1.807) is 19.2 Å². The first-order valence-electron chi connectivity index (χ1n) is 10.8. The zero-order valence-corrected chi connectivity index (χ0v) is 18.8. The van der Waals surface area contributed by atoms with E-state index in [0.717, 1.165) is 17.5 Å². The number of furan rings is 1. The van der Waals surface area contributed by atoms with Gasteiger partial charge in [-0.05, 0) is 43.9 Å². The number of carbonyl (C=O) groups excluding carboxylic acids is 2. The van der Waals surface area contributed by atoms with Gasteiger partial charge in [0.1, 0.15) is 11.6 Å². The molecule has 0 bridgehead atoms. The standard InChI is InChI=1S/C24H23N5O5/c1-14-5-4-12-25-23(14)26-24(31)22-15(2)21-18(6-3-7-19(21)34-22)27-28-20(30)13-16-8-10-17(11-9-16)29(32)33/h4-5,8-12H,3,6-7,13H2,1-2H3,(H,28,30)(H,25,26,31)/b27-18+. The van der Waals surface area contributed by atoms with Crippen molar-refractivity contribution in [2.24, 2.45) is 5.10 Å². The van der Waals surface area contributed by atoms with Crippen LogP contribution in [0.3, 0.4) is 0 Å².